The predicted octanol–water partition coefficient (Wildman–Crippen LogP) is 1.61. The average molecular weight is 314 g/mol. The lowest BCUT2D eigenvalue weighted by atomic mass is 10.2. The summed E-state index contributed by atoms with van der Waals surface area (Å²) in [6, 6.07) is 7.07. The van der Waals surface area contributed by atoms with E-state index in [4.69, 9.17) is 0 Å². The Bertz CT molecular complexity index is 750. The Morgan fingerprint density at radius 3 is 2.77 bits per heavy atom. The third kappa shape index (κ3) is 3.17. The summed E-state index contributed by atoms with van der Waals surface area (Å²) < 4.78 is 1.53. The second kappa shape index (κ2) is 6.44. The zero-order valence-electron chi connectivity index (χ0n) is 11.9. The molecule has 0 aliphatic rings. The van der Waals surface area contributed by atoms with Crippen molar-refractivity contribution < 1.29 is 4.79 Å². The quantitative estimate of drug-likeness (QED) is 0.773. The van der Waals surface area contributed by atoms with Gasteiger partial charge in [-0.15, -0.1) is 16.4 Å². The smallest absolute Gasteiger partial charge is 0.251 e. The van der Waals surface area contributed by atoms with Crippen molar-refractivity contribution in [2.24, 2.45) is 0 Å². The lowest BCUT2D eigenvalue weighted by Gasteiger charge is -2.04. The van der Waals surface area contributed by atoms with Crippen LogP contribution in [0.1, 0.15) is 28.0 Å². The first-order valence-electron chi connectivity index (χ1n) is 6.81. The Morgan fingerprint density at radius 2 is 2.14 bits per heavy atom. The molecular weight excluding hydrogens is 300 g/mol. The molecule has 1 N–H and O–H groups in total. The zero-order chi connectivity index (χ0) is 15.4. The first-order valence-corrected chi connectivity index (χ1v) is 7.69. The van der Waals surface area contributed by atoms with Gasteiger partial charge in [-0.2, -0.15) is 0 Å². The number of hydrogen-bond donors (Lipinski definition) is 1. The minimum Gasteiger partial charge on any atom is -0.346 e. The van der Waals surface area contributed by atoms with Crippen LogP contribution in [0.25, 0.3) is 5.69 Å². The van der Waals surface area contributed by atoms with Crippen LogP contribution in [-0.2, 0) is 13.0 Å². The lowest BCUT2D eigenvalue weighted by molar-refractivity contribution is 0.0951. The van der Waals surface area contributed by atoms with Crippen molar-refractivity contribution >= 4 is 17.2 Å². The van der Waals surface area contributed by atoms with Gasteiger partial charge in [0.15, 0.2) is 0 Å². The number of hydrogen-bond acceptors (Lipinski definition) is 6. The Morgan fingerprint density at radius 1 is 1.32 bits per heavy atom. The Labute approximate surface area is 131 Å². The zero-order valence-corrected chi connectivity index (χ0v) is 12.7. The molecule has 22 heavy (non-hydrogen) atoms. The highest BCUT2D eigenvalue weighted by Gasteiger charge is 2.07. The van der Waals surface area contributed by atoms with Crippen LogP contribution in [0.2, 0.25) is 0 Å². The number of aromatic nitrogens is 5. The Kier molecular flexibility index (Phi) is 4.19. The molecule has 0 unspecified atom stereocenters. The van der Waals surface area contributed by atoms with Gasteiger partial charge in [0, 0.05) is 10.9 Å². The van der Waals surface area contributed by atoms with Crippen molar-refractivity contribution in [1.82, 2.24) is 30.5 Å². The van der Waals surface area contributed by atoms with Gasteiger partial charge in [-0.05, 0) is 41.1 Å². The van der Waals surface area contributed by atoms with Gasteiger partial charge in [-0.3, -0.25) is 4.79 Å². The molecule has 2 heterocycles. The highest BCUT2D eigenvalue weighted by Crippen LogP contribution is 2.11. The van der Waals surface area contributed by atoms with Gasteiger partial charge >= 0.3 is 0 Å². The van der Waals surface area contributed by atoms with Crippen LogP contribution >= 0.6 is 11.3 Å². The van der Waals surface area contributed by atoms with Crippen LogP contribution in [0, 0.1) is 0 Å². The molecule has 0 aliphatic heterocycles. The summed E-state index contributed by atoms with van der Waals surface area (Å²) in [6.07, 6.45) is 2.41. The second-order valence-electron chi connectivity index (χ2n) is 4.57. The number of carbonyl (C=O) groups is 1. The van der Waals surface area contributed by atoms with E-state index in [9.17, 15) is 4.79 Å². The molecule has 0 aliphatic carbocycles. The molecule has 3 aromatic rings. The fourth-order valence-electron chi connectivity index (χ4n) is 1.90. The fraction of sp³-hybridized carbons (Fsp3) is 0.214. The number of carbonyl (C=O) groups excluding carboxylic acids is 1. The molecule has 0 atom stereocenters. The minimum atomic E-state index is -0.128. The predicted molar refractivity (Wildman–Crippen MR) is 81.8 cm³/mol. The number of benzene rings is 1. The molecule has 2 aromatic heterocycles. The molecule has 0 saturated carbocycles. The number of aryl methyl sites for hydroxylation is 1. The first kappa shape index (κ1) is 14.3. The molecule has 112 valence electrons. The second-order valence-corrected chi connectivity index (χ2v) is 5.51. The summed E-state index contributed by atoms with van der Waals surface area (Å²) in [5, 5.41) is 16.7. The summed E-state index contributed by atoms with van der Waals surface area (Å²) in [4.78, 5) is 16.5. The maximum atomic E-state index is 12.1. The van der Waals surface area contributed by atoms with Crippen molar-refractivity contribution in [3.05, 3.63) is 52.2 Å². The number of thiazole rings is 1. The SMILES string of the molecule is CCc1csc(CNC(=O)c2ccc(-n3cnnn3)cc2)n1. The molecule has 3 rings (SSSR count). The lowest BCUT2D eigenvalue weighted by Crippen LogP contribution is -2.22. The van der Waals surface area contributed by atoms with Crippen LogP contribution in [0.15, 0.2) is 36.0 Å². The van der Waals surface area contributed by atoms with Crippen molar-refractivity contribution in [2.45, 2.75) is 19.9 Å². The molecule has 0 radical (unpaired) electrons. The van der Waals surface area contributed by atoms with E-state index < -0.39 is 0 Å². The maximum absolute atomic E-state index is 12.1. The first-order chi connectivity index (χ1) is 10.8. The normalized spacial score (nSPS) is 10.6. The van der Waals surface area contributed by atoms with E-state index in [0.29, 0.717) is 12.1 Å². The van der Waals surface area contributed by atoms with Crippen LogP contribution in [-0.4, -0.2) is 31.1 Å². The van der Waals surface area contributed by atoms with Crippen LogP contribution < -0.4 is 5.32 Å². The highest BCUT2D eigenvalue weighted by atomic mass is 32.1. The van der Waals surface area contributed by atoms with E-state index >= 15 is 0 Å². The molecule has 0 spiro atoms. The van der Waals surface area contributed by atoms with Crippen molar-refractivity contribution in [1.29, 1.82) is 0 Å². The van der Waals surface area contributed by atoms with Gasteiger partial charge in [0.1, 0.15) is 11.3 Å². The summed E-state index contributed by atoms with van der Waals surface area (Å²) in [5.41, 5.74) is 2.44. The largest absolute Gasteiger partial charge is 0.346 e. The maximum Gasteiger partial charge on any atom is 0.251 e. The minimum absolute atomic E-state index is 0.128. The third-order valence-electron chi connectivity index (χ3n) is 3.10. The molecule has 1 aromatic carbocycles. The molecule has 1 amide bonds. The molecule has 0 fully saturated rings. The topological polar surface area (TPSA) is 85.6 Å². The van der Waals surface area contributed by atoms with Crippen molar-refractivity contribution in [2.75, 3.05) is 0 Å². The molecular formula is C14H14N6OS. The van der Waals surface area contributed by atoms with Crippen molar-refractivity contribution in [3.8, 4) is 5.69 Å². The molecule has 7 nitrogen and oxygen atoms in total. The monoisotopic (exact) mass is 314 g/mol. The van der Waals surface area contributed by atoms with Crippen molar-refractivity contribution in [3.63, 3.8) is 0 Å². The fourth-order valence-corrected chi connectivity index (χ4v) is 2.71. The van der Waals surface area contributed by atoms with Crippen LogP contribution in [0.4, 0.5) is 0 Å². The van der Waals surface area contributed by atoms with E-state index in [-0.39, 0.29) is 5.91 Å². The summed E-state index contributed by atoms with van der Waals surface area (Å²) in [5.74, 6) is -0.128. The van der Waals surface area contributed by atoms with Gasteiger partial charge < -0.3 is 5.32 Å². The highest BCUT2D eigenvalue weighted by molar-refractivity contribution is 7.09. The van der Waals surface area contributed by atoms with Gasteiger partial charge in [-0.1, -0.05) is 6.92 Å². The Balaban J connectivity index is 1.62. The summed E-state index contributed by atoms with van der Waals surface area (Å²) in [6.45, 7) is 2.50. The van der Waals surface area contributed by atoms with E-state index in [2.05, 4.69) is 32.7 Å². The molecule has 8 heteroatoms. The van der Waals surface area contributed by atoms with E-state index in [1.54, 1.807) is 35.6 Å². The number of nitrogens with one attached hydrogen (secondary N) is 1. The summed E-state index contributed by atoms with van der Waals surface area (Å²) in [7, 11) is 0. The standard InChI is InChI=1S/C14H14N6OS/c1-2-11-8-22-13(17-11)7-15-14(21)10-3-5-12(6-4-10)20-9-16-18-19-20/h3-6,8-9H,2,7H2,1H3,(H,15,21). The van der Waals surface area contributed by atoms with E-state index in [1.807, 2.05) is 5.38 Å². The number of nitrogens with zero attached hydrogens (tertiary/aromatic N) is 5. The number of amides is 1. The van der Waals surface area contributed by atoms with E-state index in [0.717, 1.165) is 22.8 Å². The number of rotatable bonds is 5. The third-order valence-corrected chi connectivity index (χ3v) is 4.00. The van der Waals surface area contributed by atoms with Gasteiger partial charge in [0.25, 0.3) is 5.91 Å². The van der Waals surface area contributed by atoms with Gasteiger partial charge in [0.05, 0.1) is 17.9 Å². The van der Waals surface area contributed by atoms with Crippen LogP contribution in [0.3, 0.4) is 0 Å². The molecule has 0 bridgehead atoms. The average Bonchev–Trinajstić information content (AvgIpc) is 3.24. The van der Waals surface area contributed by atoms with Gasteiger partial charge in [0.2, 0.25) is 0 Å². The Hall–Kier alpha value is -2.61. The number of tetrazole rings is 1. The summed E-state index contributed by atoms with van der Waals surface area (Å²) >= 11 is 1.56. The van der Waals surface area contributed by atoms with E-state index in [1.165, 1.54) is 11.0 Å². The van der Waals surface area contributed by atoms with Crippen LogP contribution in [0.5, 0.6) is 0 Å². The van der Waals surface area contributed by atoms with Gasteiger partial charge in [-0.25, -0.2) is 9.67 Å². The molecule has 0 saturated heterocycles.